The molecular weight excluding hydrogens is 444 g/mol. The lowest BCUT2D eigenvalue weighted by Gasteiger charge is -2.32. The Kier molecular flexibility index (Phi) is 7.28. The van der Waals surface area contributed by atoms with E-state index in [1.807, 2.05) is 32.9 Å². The Morgan fingerprint density at radius 2 is 1.70 bits per heavy atom. The molecule has 2 amide bonds. The van der Waals surface area contributed by atoms with Gasteiger partial charge in [0.25, 0.3) is 0 Å². The minimum atomic E-state index is -3.73. The highest BCUT2D eigenvalue weighted by atomic mass is 32.2. The SMILES string of the molecule is Cc1cc(C)c(NC(=O)CN(C)C(=O)C2CCN(S(=O)(=O)c3c(C)noc3C)CC2)c(C)c1. The highest BCUT2D eigenvalue weighted by molar-refractivity contribution is 7.89. The second-order valence-corrected chi connectivity index (χ2v) is 10.7. The van der Waals surface area contributed by atoms with Gasteiger partial charge in [-0.2, -0.15) is 4.31 Å². The predicted molar refractivity (Wildman–Crippen MR) is 124 cm³/mol. The number of sulfonamides is 1. The van der Waals surface area contributed by atoms with Crippen LogP contribution in [0.25, 0.3) is 0 Å². The smallest absolute Gasteiger partial charge is 0.248 e. The van der Waals surface area contributed by atoms with Crippen molar-refractivity contribution in [2.24, 2.45) is 5.92 Å². The van der Waals surface area contributed by atoms with Gasteiger partial charge in [-0.15, -0.1) is 0 Å². The number of nitrogens with one attached hydrogen (secondary N) is 1. The van der Waals surface area contributed by atoms with Crippen LogP contribution in [0.1, 0.15) is 41.0 Å². The molecule has 0 aliphatic carbocycles. The molecule has 1 saturated heterocycles. The fourth-order valence-corrected chi connectivity index (χ4v) is 6.24. The molecule has 2 heterocycles. The largest absolute Gasteiger partial charge is 0.360 e. The summed E-state index contributed by atoms with van der Waals surface area (Å²) in [6.07, 6.45) is 0.785. The molecule has 1 N–H and O–H groups in total. The summed E-state index contributed by atoms with van der Waals surface area (Å²) in [5, 5.41) is 6.65. The summed E-state index contributed by atoms with van der Waals surface area (Å²) in [4.78, 5) is 27.0. The summed E-state index contributed by atoms with van der Waals surface area (Å²) in [5.74, 6) is -0.492. The predicted octanol–water partition coefficient (Wildman–Crippen LogP) is 2.71. The van der Waals surface area contributed by atoms with Crippen LogP contribution in [-0.2, 0) is 19.6 Å². The van der Waals surface area contributed by atoms with Crippen molar-refractivity contribution in [1.82, 2.24) is 14.4 Å². The molecule has 0 bridgehead atoms. The molecular formula is C23H32N4O5S. The molecule has 1 fully saturated rings. The molecule has 1 aromatic heterocycles. The van der Waals surface area contributed by atoms with Crippen LogP contribution in [0.2, 0.25) is 0 Å². The molecule has 33 heavy (non-hydrogen) atoms. The van der Waals surface area contributed by atoms with Crippen LogP contribution < -0.4 is 5.32 Å². The van der Waals surface area contributed by atoms with Gasteiger partial charge in [0.2, 0.25) is 21.8 Å². The van der Waals surface area contributed by atoms with Crippen molar-refractivity contribution < 1.29 is 22.5 Å². The standard InChI is InChI=1S/C23H32N4O5S/c1-14-11-15(2)21(16(3)12-14)24-20(28)13-26(6)23(29)19-7-9-27(10-8-19)33(30,31)22-17(4)25-32-18(22)5/h11-12,19H,7-10,13H2,1-6H3,(H,24,28). The molecule has 1 aliphatic rings. The van der Waals surface area contributed by atoms with Gasteiger partial charge in [0, 0.05) is 31.7 Å². The second kappa shape index (κ2) is 9.64. The second-order valence-electron chi connectivity index (χ2n) is 8.85. The summed E-state index contributed by atoms with van der Waals surface area (Å²) >= 11 is 0. The zero-order chi connectivity index (χ0) is 24.5. The van der Waals surface area contributed by atoms with Crippen molar-refractivity contribution in [3.05, 3.63) is 40.3 Å². The van der Waals surface area contributed by atoms with Crippen molar-refractivity contribution in [2.75, 3.05) is 32.0 Å². The van der Waals surface area contributed by atoms with Crippen LogP contribution >= 0.6 is 0 Å². The van der Waals surface area contributed by atoms with Crippen molar-refractivity contribution in [3.63, 3.8) is 0 Å². The molecule has 1 aromatic carbocycles. The Morgan fingerprint density at radius 3 is 2.21 bits per heavy atom. The molecule has 3 rings (SSSR count). The van der Waals surface area contributed by atoms with Gasteiger partial charge in [-0.3, -0.25) is 9.59 Å². The first-order chi connectivity index (χ1) is 15.4. The van der Waals surface area contributed by atoms with Gasteiger partial charge in [-0.25, -0.2) is 8.42 Å². The summed E-state index contributed by atoms with van der Waals surface area (Å²) in [6.45, 7) is 9.44. The number of amides is 2. The number of piperidine rings is 1. The lowest BCUT2D eigenvalue weighted by Crippen LogP contribution is -2.45. The summed E-state index contributed by atoms with van der Waals surface area (Å²) in [7, 11) is -2.13. The number of rotatable bonds is 6. The van der Waals surface area contributed by atoms with Gasteiger partial charge in [0.05, 0.1) is 6.54 Å². The minimum Gasteiger partial charge on any atom is -0.360 e. The third kappa shape index (κ3) is 5.27. The van der Waals surface area contributed by atoms with Gasteiger partial charge in [0.15, 0.2) is 5.76 Å². The fraction of sp³-hybridized carbons (Fsp3) is 0.522. The number of hydrogen-bond donors (Lipinski definition) is 1. The number of aromatic nitrogens is 1. The first-order valence-electron chi connectivity index (χ1n) is 11.0. The van der Waals surface area contributed by atoms with Gasteiger partial charge in [-0.1, -0.05) is 22.9 Å². The maximum Gasteiger partial charge on any atom is 0.248 e. The monoisotopic (exact) mass is 476 g/mol. The Morgan fingerprint density at radius 1 is 1.12 bits per heavy atom. The third-order valence-corrected chi connectivity index (χ3v) is 8.21. The van der Waals surface area contributed by atoms with Gasteiger partial charge >= 0.3 is 0 Å². The average molecular weight is 477 g/mol. The van der Waals surface area contributed by atoms with E-state index in [-0.39, 0.29) is 48.0 Å². The van der Waals surface area contributed by atoms with E-state index in [0.29, 0.717) is 18.5 Å². The number of likely N-dealkylation sites (N-methyl/N-ethyl adjacent to an activating group) is 1. The Balaban J connectivity index is 1.58. The topological polar surface area (TPSA) is 113 Å². The van der Waals surface area contributed by atoms with E-state index in [9.17, 15) is 18.0 Å². The van der Waals surface area contributed by atoms with Gasteiger partial charge in [0.1, 0.15) is 10.6 Å². The molecule has 0 radical (unpaired) electrons. The zero-order valence-corrected chi connectivity index (χ0v) is 20.9. The molecule has 0 saturated carbocycles. The molecule has 0 spiro atoms. The lowest BCUT2D eigenvalue weighted by atomic mass is 9.96. The molecule has 10 heteroatoms. The van der Waals surface area contributed by atoms with Crippen LogP contribution in [0, 0.1) is 40.5 Å². The van der Waals surface area contributed by atoms with E-state index in [2.05, 4.69) is 10.5 Å². The lowest BCUT2D eigenvalue weighted by molar-refractivity contribution is -0.138. The highest BCUT2D eigenvalue weighted by Crippen LogP contribution is 2.28. The molecule has 9 nitrogen and oxygen atoms in total. The van der Waals surface area contributed by atoms with E-state index in [1.54, 1.807) is 20.9 Å². The number of hydrogen-bond acceptors (Lipinski definition) is 6. The number of aryl methyl sites for hydroxylation is 5. The maximum atomic E-state index is 13.0. The van der Waals surface area contributed by atoms with Crippen LogP contribution in [0.4, 0.5) is 5.69 Å². The van der Waals surface area contributed by atoms with Gasteiger partial charge in [-0.05, 0) is 58.6 Å². The average Bonchev–Trinajstić information content (AvgIpc) is 3.09. The molecule has 2 aromatic rings. The van der Waals surface area contributed by atoms with E-state index in [1.165, 1.54) is 9.21 Å². The number of carbonyl (C=O) groups excluding carboxylic acids is 2. The van der Waals surface area contributed by atoms with E-state index in [0.717, 1.165) is 22.4 Å². The fourth-order valence-electron chi connectivity index (χ4n) is 4.48. The highest BCUT2D eigenvalue weighted by Gasteiger charge is 2.36. The van der Waals surface area contributed by atoms with E-state index < -0.39 is 10.0 Å². The molecule has 0 unspecified atom stereocenters. The van der Waals surface area contributed by atoms with Gasteiger partial charge < -0.3 is 14.7 Å². The van der Waals surface area contributed by atoms with E-state index in [4.69, 9.17) is 4.52 Å². The first kappa shape index (κ1) is 24.9. The maximum absolute atomic E-state index is 13.0. The number of nitrogens with zero attached hydrogens (tertiary/aromatic N) is 3. The summed E-state index contributed by atoms with van der Waals surface area (Å²) in [6, 6.07) is 4.00. The van der Waals surface area contributed by atoms with Crippen molar-refractivity contribution in [3.8, 4) is 0 Å². The normalized spacial score (nSPS) is 15.5. The van der Waals surface area contributed by atoms with Crippen molar-refractivity contribution >= 4 is 27.5 Å². The number of carbonyl (C=O) groups is 2. The molecule has 1 aliphatic heterocycles. The van der Waals surface area contributed by atoms with Crippen LogP contribution in [0.5, 0.6) is 0 Å². The first-order valence-corrected chi connectivity index (χ1v) is 12.4. The van der Waals surface area contributed by atoms with E-state index >= 15 is 0 Å². The quantitative estimate of drug-likeness (QED) is 0.686. The Hall–Kier alpha value is -2.72. The third-order valence-electron chi connectivity index (χ3n) is 6.07. The van der Waals surface area contributed by atoms with Crippen molar-refractivity contribution in [2.45, 2.75) is 52.4 Å². The minimum absolute atomic E-state index is 0.0663. The van der Waals surface area contributed by atoms with Crippen molar-refractivity contribution in [1.29, 1.82) is 0 Å². The molecule has 0 atom stereocenters. The summed E-state index contributed by atoms with van der Waals surface area (Å²) < 4.78 is 32.3. The zero-order valence-electron chi connectivity index (χ0n) is 20.1. The van der Waals surface area contributed by atoms with Crippen LogP contribution in [0.3, 0.4) is 0 Å². The Bertz CT molecular complexity index is 1120. The Labute approximate surface area is 195 Å². The number of benzene rings is 1. The summed E-state index contributed by atoms with van der Waals surface area (Å²) in [5.41, 5.74) is 4.17. The van der Waals surface area contributed by atoms with Crippen LogP contribution in [-0.4, -0.2) is 61.3 Å². The number of anilines is 1. The van der Waals surface area contributed by atoms with Crippen LogP contribution in [0.15, 0.2) is 21.6 Å². The molecule has 180 valence electrons.